The molecule has 1 aromatic heterocycles. The second-order valence-corrected chi connectivity index (χ2v) is 8.79. The van der Waals surface area contributed by atoms with E-state index in [0.717, 1.165) is 22.9 Å². The number of aromatic nitrogens is 2. The molecule has 0 aliphatic heterocycles. The summed E-state index contributed by atoms with van der Waals surface area (Å²) >= 11 is 1.01. The number of nitrogens with one attached hydrogen (secondary N) is 1. The number of benzene rings is 2. The third-order valence-electron chi connectivity index (χ3n) is 4.15. The highest BCUT2D eigenvalue weighted by Crippen LogP contribution is 2.34. The van der Waals surface area contributed by atoms with Gasteiger partial charge in [-0.15, -0.1) is 0 Å². The van der Waals surface area contributed by atoms with Gasteiger partial charge in [-0.05, 0) is 35.1 Å². The summed E-state index contributed by atoms with van der Waals surface area (Å²) in [6.07, 6.45) is 0. The zero-order valence-corrected chi connectivity index (χ0v) is 16.3. The van der Waals surface area contributed by atoms with Gasteiger partial charge >= 0.3 is 0 Å². The largest absolute Gasteiger partial charge is 0.279 e. The van der Waals surface area contributed by atoms with Crippen LogP contribution < -0.4 is 4.72 Å². The van der Waals surface area contributed by atoms with Gasteiger partial charge in [-0.3, -0.25) is 4.72 Å². The average Bonchev–Trinajstić information content (AvgIpc) is 3.02. The summed E-state index contributed by atoms with van der Waals surface area (Å²) in [5.41, 5.74) is 3.65. The first-order valence-corrected chi connectivity index (χ1v) is 10.4. The Morgan fingerprint density at radius 2 is 1.52 bits per heavy atom. The average molecular weight is 376 g/mol. The number of sulfonamides is 1. The Morgan fingerprint density at radius 3 is 2.12 bits per heavy atom. The van der Waals surface area contributed by atoms with Crippen molar-refractivity contribution in [1.29, 1.82) is 0 Å². The third-order valence-corrected chi connectivity index (χ3v) is 6.07. The molecule has 0 unspecified atom stereocenters. The fraction of sp³-hybridized carbons (Fsp3) is 0.333. The van der Waals surface area contributed by atoms with Crippen LogP contribution in [0.1, 0.15) is 50.7 Å². The summed E-state index contributed by atoms with van der Waals surface area (Å²) in [7, 11) is -3.77. The molecule has 2 aromatic carbocycles. The Hall–Kier alpha value is -1.99. The van der Waals surface area contributed by atoms with Crippen molar-refractivity contribution in [2.45, 2.75) is 44.4 Å². The summed E-state index contributed by atoms with van der Waals surface area (Å²) < 4.78 is 37.3. The van der Waals surface area contributed by atoms with E-state index in [4.69, 9.17) is 0 Å². The number of para-hydroxylation sites is 1. The zero-order chi connectivity index (χ0) is 18.2. The normalized spacial score (nSPS) is 12.2. The molecule has 1 heterocycles. The van der Waals surface area contributed by atoms with Gasteiger partial charge in [0, 0.05) is 0 Å². The third kappa shape index (κ3) is 3.39. The lowest BCUT2D eigenvalue weighted by molar-refractivity contribution is 0.601. The first-order chi connectivity index (χ1) is 11.8. The van der Waals surface area contributed by atoms with E-state index >= 15 is 0 Å². The molecule has 0 bridgehead atoms. The van der Waals surface area contributed by atoms with Gasteiger partial charge in [0.15, 0.2) is 0 Å². The molecule has 0 saturated carbocycles. The van der Waals surface area contributed by atoms with Crippen LogP contribution in [0.15, 0.2) is 41.3 Å². The number of rotatable bonds is 5. The highest BCUT2D eigenvalue weighted by atomic mass is 32.2. The minimum atomic E-state index is -3.77. The lowest BCUT2D eigenvalue weighted by Gasteiger charge is -2.20. The maximum atomic E-state index is 13.1. The molecule has 0 atom stereocenters. The van der Waals surface area contributed by atoms with Crippen molar-refractivity contribution in [3.05, 3.63) is 47.5 Å². The van der Waals surface area contributed by atoms with Crippen molar-refractivity contribution >= 4 is 38.5 Å². The Morgan fingerprint density at radius 1 is 0.920 bits per heavy atom. The highest BCUT2D eigenvalue weighted by Gasteiger charge is 2.23. The molecule has 7 heteroatoms. The van der Waals surface area contributed by atoms with Crippen LogP contribution in [-0.2, 0) is 10.0 Å². The summed E-state index contributed by atoms with van der Waals surface area (Å²) in [6.45, 7) is 8.23. The molecule has 5 nitrogen and oxygen atoms in total. The molecule has 0 aliphatic carbocycles. The summed E-state index contributed by atoms with van der Waals surface area (Å²) in [5.74, 6) is 0.404. The molecule has 132 valence electrons. The summed E-state index contributed by atoms with van der Waals surface area (Å²) in [4.78, 5) is 0.159. The van der Waals surface area contributed by atoms with Crippen LogP contribution in [0.5, 0.6) is 0 Å². The molecule has 0 radical (unpaired) electrons. The fourth-order valence-corrected chi connectivity index (χ4v) is 4.74. The number of anilines is 1. The van der Waals surface area contributed by atoms with Gasteiger partial charge in [0.1, 0.15) is 15.9 Å². The predicted octanol–water partition coefficient (Wildman–Crippen LogP) is 4.74. The number of nitrogens with zero attached hydrogens (tertiary/aromatic N) is 2. The Bertz CT molecular complexity index is 982. The van der Waals surface area contributed by atoms with Crippen molar-refractivity contribution in [3.63, 3.8) is 0 Å². The van der Waals surface area contributed by atoms with Gasteiger partial charge in [-0.25, -0.2) is 8.42 Å². The van der Waals surface area contributed by atoms with Crippen LogP contribution >= 0.6 is 11.7 Å². The van der Waals surface area contributed by atoms with Crippen molar-refractivity contribution < 1.29 is 8.42 Å². The van der Waals surface area contributed by atoms with Gasteiger partial charge < -0.3 is 0 Å². The van der Waals surface area contributed by atoms with Crippen LogP contribution in [0.3, 0.4) is 0 Å². The molecule has 0 aliphatic rings. The molecule has 0 amide bonds. The highest BCUT2D eigenvalue weighted by molar-refractivity contribution is 7.93. The van der Waals surface area contributed by atoms with Crippen LogP contribution in [0.4, 0.5) is 5.69 Å². The van der Waals surface area contributed by atoms with Gasteiger partial charge in [0.05, 0.1) is 17.4 Å². The van der Waals surface area contributed by atoms with E-state index in [0.29, 0.717) is 16.7 Å². The van der Waals surface area contributed by atoms with E-state index < -0.39 is 10.0 Å². The molecule has 0 saturated heterocycles. The van der Waals surface area contributed by atoms with Gasteiger partial charge in [0.2, 0.25) is 0 Å². The molecule has 1 N–H and O–H groups in total. The van der Waals surface area contributed by atoms with E-state index in [1.54, 1.807) is 18.2 Å². The molecule has 3 rings (SSSR count). The standard InChI is InChI=1S/C18H21N3O2S2/c1-11(2)13-7-5-8-14(12(3)4)17(13)21-25(22,23)16-10-6-9-15-18(16)20-24-19-15/h5-12,21H,1-4H3. The predicted molar refractivity (Wildman–Crippen MR) is 103 cm³/mol. The smallest absolute Gasteiger partial charge is 0.264 e. The lowest BCUT2D eigenvalue weighted by Crippen LogP contribution is -2.17. The van der Waals surface area contributed by atoms with E-state index in [1.807, 2.05) is 18.2 Å². The maximum Gasteiger partial charge on any atom is 0.264 e. The van der Waals surface area contributed by atoms with Crippen molar-refractivity contribution in [3.8, 4) is 0 Å². The minimum absolute atomic E-state index is 0.159. The van der Waals surface area contributed by atoms with Crippen molar-refractivity contribution in [2.75, 3.05) is 4.72 Å². The second-order valence-electron chi connectivity index (χ2n) is 6.61. The Kier molecular flexibility index (Phi) is 4.79. The van der Waals surface area contributed by atoms with Gasteiger partial charge in [0.25, 0.3) is 10.0 Å². The first-order valence-electron chi connectivity index (χ1n) is 8.18. The molecule has 25 heavy (non-hydrogen) atoms. The SMILES string of the molecule is CC(C)c1cccc(C(C)C)c1NS(=O)(=O)c1cccc2nsnc12. The van der Waals surface area contributed by atoms with Gasteiger partial charge in [-0.2, -0.15) is 8.75 Å². The second kappa shape index (κ2) is 6.72. The Labute approximate surface area is 152 Å². The lowest BCUT2D eigenvalue weighted by atomic mass is 9.93. The maximum absolute atomic E-state index is 13.1. The van der Waals surface area contributed by atoms with Crippen LogP contribution in [0, 0.1) is 0 Å². The van der Waals surface area contributed by atoms with Crippen molar-refractivity contribution in [2.24, 2.45) is 0 Å². The molecule has 3 aromatic rings. The quantitative estimate of drug-likeness (QED) is 0.699. The first kappa shape index (κ1) is 17.8. The van der Waals surface area contributed by atoms with E-state index in [2.05, 4.69) is 41.2 Å². The minimum Gasteiger partial charge on any atom is -0.279 e. The molecular weight excluding hydrogens is 354 g/mol. The molecule has 0 fully saturated rings. The van der Waals surface area contributed by atoms with E-state index in [9.17, 15) is 8.42 Å². The monoisotopic (exact) mass is 375 g/mol. The Balaban J connectivity index is 2.15. The number of fused-ring (bicyclic) bond motifs is 1. The number of hydrogen-bond donors (Lipinski definition) is 1. The van der Waals surface area contributed by atoms with Gasteiger partial charge in [-0.1, -0.05) is 52.0 Å². The summed E-state index contributed by atoms with van der Waals surface area (Å²) in [5, 5.41) is 0. The van der Waals surface area contributed by atoms with Crippen LogP contribution in [-0.4, -0.2) is 17.2 Å². The van der Waals surface area contributed by atoms with Crippen LogP contribution in [0.25, 0.3) is 11.0 Å². The van der Waals surface area contributed by atoms with E-state index in [-0.39, 0.29) is 16.7 Å². The zero-order valence-electron chi connectivity index (χ0n) is 14.6. The number of hydrogen-bond acceptors (Lipinski definition) is 5. The van der Waals surface area contributed by atoms with Crippen molar-refractivity contribution in [1.82, 2.24) is 8.75 Å². The molecular formula is C18H21N3O2S2. The fourth-order valence-electron chi connectivity index (χ4n) is 2.86. The topological polar surface area (TPSA) is 72.0 Å². The summed E-state index contributed by atoms with van der Waals surface area (Å²) in [6, 6.07) is 10.9. The van der Waals surface area contributed by atoms with E-state index in [1.165, 1.54) is 0 Å². The van der Waals surface area contributed by atoms with Crippen LogP contribution in [0.2, 0.25) is 0 Å². The molecule has 0 spiro atoms.